The molecule has 1 atom stereocenters. The molecule has 4 heterocycles. The number of aliphatic hydroxyl groups excluding tert-OH is 1. The summed E-state index contributed by atoms with van der Waals surface area (Å²) in [6.45, 7) is 10.6. The number of aliphatic hydroxyl groups is 1. The lowest BCUT2D eigenvalue weighted by Gasteiger charge is -2.20. The summed E-state index contributed by atoms with van der Waals surface area (Å²) in [5.41, 5.74) is 5.87. The number of carbonyl (C=O) groups excluding carboxylic acids is 1. The predicted molar refractivity (Wildman–Crippen MR) is 139 cm³/mol. The van der Waals surface area contributed by atoms with Gasteiger partial charge in [-0.3, -0.25) is 14.8 Å². The highest BCUT2D eigenvalue weighted by molar-refractivity contribution is 5.95. The Kier molecular flexibility index (Phi) is 6.59. The van der Waals surface area contributed by atoms with Gasteiger partial charge in [-0.05, 0) is 48.7 Å². The largest absolute Gasteiger partial charge is 0.454 e. The van der Waals surface area contributed by atoms with E-state index in [1.807, 2.05) is 36.1 Å². The van der Waals surface area contributed by atoms with Gasteiger partial charge in [0.05, 0.1) is 13.2 Å². The van der Waals surface area contributed by atoms with Crippen molar-refractivity contribution in [1.29, 1.82) is 0 Å². The number of rotatable bonds is 6. The van der Waals surface area contributed by atoms with Crippen LogP contribution in [0.3, 0.4) is 0 Å². The Bertz CT molecular complexity index is 1530. The van der Waals surface area contributed by atoms with Gasteiger partial charge in [0.1, 0.15) is 23.1 Å². The molecule has 0 radical (unpaired) electrons. The Morgan fingerprint density at radius 1 is 1.27 bits per heavy atom. The fourth-order valence-corrected chi connectivity index (χ4v) is 4.66. The van der Waals surface area contributed by atoms with Crippen LogP contribution < -0.4 is 4.90 Å². The summed E-state index contributed by atoms with van der Waals surface area (Å²) in [7, 11) is 1.62. The van der Waals surface area contributed by atoms with E-state index in [2.05, 4.69) is 14.8 Å². The zero-order valence-corrected chi connectivity index (χ0v) is 20.6. The number of anilines is 1. The first kappa shape index (κ1) is 24.4. The van der Waals surface area contributed by atoms with Crippen molar-refractivity contribution in [3.05, 3.63) is 71.5 Å². The van der Waals surface area contributed by atoms with Crippen molar-refractivity contribution in [2.75, 3.05) is 38.2 Å². The van der Waals surface area contributed by atoms with Gasteiger partial charge in [-0.1, -0.05) is 6.07 Å². The van der Waals surface area contributed by atoms with Crippen LogP contribution in [0.25, 0.3) is 38.4 Å². The zero-order valence-electron chi connectivity index (χ0n) is 20.6. The normalized spacial score (nSPS) is 15.2. The van der Waals surface area contributed by atoms with Crippen molar-refractivity contribution >= 4 is 28.4 Å². The Morgan fingerprint density at radius 3 is 2.81 bits per heavy atom. The van der Waals surface area contributed by atoms with E-state index in [-0.39, 0.29) is 24.8 Å². The highest BCUT2D eigenvalue weighted by atomic mass is 19.1. The third kappa shape index (κ3) is 4.63. The van der Waals surface area contributed by atoms with E-state index in [1.165, 1.54) is 4.90 Å². The molecule has 1 aliphatic rings. The third-order valence-corrected chi connectivity index (χ3v) is 6.67. The first-order valence-corrected chi connectivity index (χ1v) is 12.0. The van der Waals surface area contributed by atoms with Gasteiger partial charge in [0, 0.05) is 62.0 Å². The first-order valence-electron chi connectivity index (χ1n) is 12.0. The molecular formula is C28H26FN5O3. The molecule has 37 heavy (non-hydrogen) atoms. The van der Waals surface area contributed by atoms with Crippen molar-refractivity contribution in [3.8, 4) is 22.5 Å². The number of alkyl halides is 1. The van der Waals surface area contributed by atoms with Crippen LogP contribution in [-0.4, -0.2) is 65.3 Å². The van der Waals surface area contributed by atoms with E-state index in [4.69, 9.17) is 16.1 Å². The van der Waals surface area contributed by atoms with Crippen molar-refractivity contribution in [2.45, 2.75) is 19.5 Å². The van der Waals surface area contributed by atoms with Gasteiger partial charge in [0.15, 0.2) is 5.58 Å². The topological polar surface area (TPSA) is 87.1 Å². The lowest BCUT2D eigenvalue weighted by atomic mass is 10.0. The second kappa shape index (κ2) is 9.99. The summed E-state index contributed by atoms with van der Waals surface area (Å²) in [6, 6.07) is 11.0. The highest BCUT2D eigenvalue weighted by Gasteiger charge is 2.24. The van der Waals surface area contributed by atoms with Crippen molar-refractivity contribution in [3.63, 3.8) is 0 Å². The molecule has 1 amide bonds. The molecule has 0 spiro atoms. The van der Waals surface area contributed by atoms with Crippen molar-refractivity contribution in [2.24, 2.45) is 0 Å². The minimum Gasteiger partial charge on any atom is -0.454 e. The number of pyridine rings is 2. The lowest BCUT2D eigenvalue weighted by molar-refractivity contribution is 0.0761. The molecule has 8 nitrogen and oxygen atoms in total. The number of fused-ring (bicyclic) bond motifs is 1. The number of carbonyl (C=O) groups is 1. The number of likely N-dealkylation sites (N-methyl/N-ethyl adjacent to an activating group) is 1. The predicted octanol–water partition coefficient (Wildman–Crippen LogP) is 5.03. The minimum atomic E-state index is -0.869. The second-order valence-corrected chi connectivity index (χ2v) is 9.17. The molecule has 5 rings (SSSR count). The highest BCUT2D eigenvalue weighted by Crippen LogP contribution is 2.39. The van der Waals surface area contributed by atoms with E-state index in [0.717, 1.165) is 27.9 Å². The summed E-state index contributed by atoms with van der Waals surface area (Å²) in [5, 5.41) is 9.09. The fraction of sp³-hybridized carbons (Fsp3) is 0.286. The molecule has 4 aromatic rings. The maximum absolute atomic E-state index is 13.7. The number of halogens is 1. The maximum Gasteiger partial charge on any atom is 0.272 e. The average molecular weight is 500 g/mol. The molecule has 1 fully saturated rings. The summed E-state index contributed by atoms with van der Waals surface area (Å²) in [4.78, 5) is 28.4. The van der Waals surface area contributed by atoms with Crippen LogP contribution in [0.1, 0.15) is 22.5 Å². The second-order valence-electron chi connectivity index (χ2n) is 9.17. The molecule has 0 unspecified atom stereocenters. The van der Waals surface area contributed by atoms with Gasteiger partial charge in [-0.15, -0.1) is 0 Å². The van der Waals surface area contributed by atoms with Crippen LogP contribution in [0.2, 0.25) is 0 Å². The number of hydrogen-bond donors (Lipinski definition) is 1. The molecule has 0 bridgehead atoms. The number of aryl methyl sites for hydroxylation is 1. The number of hydrogen-bond acceptors (Lipinski definition) is 6. The Labute approximate surface area is 213 Å². The van der Waals surface area contributed by atoms with Crippen LogP contribution in [-0.2, 0) is 0 Å². The van der Waals surface area contributed by atoms with E-state index < -0.39 is 6.17 Å². The van der Waals surface area contributed by atoms with E-state index in [0.29, 0.717) is 42.1 Å². The number of benzene rings is 1. The molecule has 0 saturated carbocycles. The van der Waals surface area contributed by atoms with Gasteiger partial charge >= 0.3 is 0 Å². The van der Waals surface area contributed by atoms with Crippen LogP contribution in [0, 0.1) is 13.5 Å². The third-order valence-electron chi connectivity index (χ3n) is 6.67. The van der Waals surface area contributed by atoms with E-state index in [9.17, 15) is 9.18 Å². The lowest BCUT2D eigenvalue weighted by Crippen LogP contribution is -2.30. The summed E-state index contributed by atoms with van der Waals surface area (Å²) in [6.07, 6.45) is 2.90. The molecule has 1 N–H and O–H groups in total. The van der Waals surface area contributed by atoms with Crippen LogP contribution in [0.5, 0.6) is 0 Å². The molecule has 1 saturated heterocycles. The van der Waals surface area contributed by atoms with Gasteiger partial charge in [0.2, 0.25) is 5.69 Å². The summed E-state index contributed by atoms with van der Waals surface area (Å²) < 4.78 is 20.0. The quantitative estimate of drug-likeness (QED) is 0.375. The smallest absolute Gasteiger partial charge is 0.272 e. The Balaban J connectivity index is 1.50. The van der Waals surface area contributed by atoms with Crippen molar-refractivity contribution in [1.82, 2.24) is 14.9 Å². The van der Waals surface area contributed by atoms with Crippen LogP contribution >= 0.6 is 0 Å². The SMILES string of the molecule is [C-]#[N+]c1cc(-c2ccnc3cc(-c4cnc(C(=O)N(C)CCO)cc4C)oc23)ccc1N1CC[C@@H](F)C1. The van der Waals surface area contributed by atoms with Gasteiger partial charge in [-0.2, -0.15) is 0 Å². The van der Waals surface area contributed by atoms with E-state index >= 15 is 0 Å². The van der Waals surface area contributed by atoms with Gasteiger partial charge in [-0.25, -0.2) is 9.24 Å². The van der Waals surface area contributed by atoms with Crippen molar-refractivity contribution < 1.29 is 18.7 Å². The molecule has 188 valence electrons. The molecule has 9 heteroatoms. The fourth-order valence-electron chi connectivity index (χ4n) is 4.66. The maximum atomic E-state index is 13.7. The van der Waals surface area contributed by atoms with Crippen LogP contribution in [0.15, 0.2) is 53.2 Å². The Hall–Kier alpha value is -4.29. The van der Waals surface area contributed by atoms with E-state index in [1.54, 1.807) is 31.6 Å². The number of furan rings is 1. The molecule has 3 aromatic heterocycles. The number of nitrogens with zero attached hydrogens (tertiary/aromatic N) is 5. The summed E-state index contributed by atoms with van der Waals surface area (Å²) >= 11 is 0. The monoisotopic (exact) mass is 499 g/mol. The first-order chi connectivity index (χ1) is 17.9. The minimum absolute atomic E-state index is 0.121. The standard InChI is InChI=1S/C28H26FN5O3/c1-17-12-24(28(36)33(3)10-11-35)32-15-21(17)26-14-23-27(37-26)20(6-8-31-23)18-4-5-25(22(13-18)30-2)34-9-7-19(29)16-34/h4-6,8,12-15,19,35H,7,9-11,16H2,1,3H3/t19-/m1/s1. The summed E-state index contributed by atoms with van der Waals surface area (Å²) in [5.74, 6) is 0.294. The van der Waals surface area contributed by atoms with Gasteiger partial charge < -0.3 is 19.3 Å². The van der Waals surface area contributed by atoms with Crippen LogP contribution in [0.4, 0.5) is 15.8 Å². The Morgan fingerprint density at radius 2 is 2.11 bits per heavy atom. The van der Waals surface area contributed by atoms with Gasteiger partial charge in [0.25, 0.3) is 5.91 Å². The molecular weight excluding hydrogens is 473 g/mol. The number of aromatic nitrogens is 2. The average Bonchev–Trinajstić information content (AvgIpc) is 3.54. The molecule has 1 aromatic carbocycles. The zero-order chi connectivity index (χ0) is 26.1. The molecule has 0 aliphatic carbocycles. The molecule has 1 aliphatic heterocycles. The number of amides is 1.